The van der Waals surface area contributed by atoms with Crippen LogP contribution >= 0.6 is 0 Å². The van der Waals surface area contributed by atoms with Crippen LogP contribution in [0.15, 0.2) is 47.7 Å². The number of ether oxygens (including phenoxy) is 1. The molecule has 1 heterocycles. The van der Waals surface area contributed by atoms with Gasteiger partial charge in [-0.1, -0.05) is 30.3 Å². The number of nitrogens with zero attached hydrogens (tertiary/aromatic N) is 3. The molecule has 1 aromatic carbocycles. The largest absolute Gasteiger partial charge is 0.374 e. The van der Waals surface area contributed by atoms with Gasteiger partial charge in [-0.25, -0.2) is 0 Å². The number of guanidine groups is 1. The molecule has 1 unspecified atom stereocenters. The first kappa shape index (κ1) is 18.0. The summed E-state index contributed by atoms with van der Waals surface area (Å²) in [5.41, 5.74) is 2.33. The molecule has 2 rings (SSSR count). The van der Waals surface area contributed by atoms with E-state index in [9.17, 15) is 0 Å². The molecule has 0 amide bonds. The molecule has 130 valence electrons. The first-order valence-corrected chi connectivity index (χ1v) is 8.27. The van der Waals surface area contributed by atoms with Crippen molar-refractivity contribution >= 4 is 5.96 Å². The fourth-order valence-electron chi connectivity index (χ4n) is 2.33. The predicted octanol–water partition coefficient (Wildman–Crippen LogP) is 2.25. The summed E-state index contributed by atoms with van der Waals surface area (Å²) in [5, 5.41) is 10.7. The third-order valence-corrected chi connectivity index (χ3v) is 3.69. The van der Waals surface area contributed by atoms with Crippen LogP contribution in [0.3, 0.4) is 0 Å². The second-order valence-electron chi connectivity index (χ2n) is 5.65. The zero-order chi connectivity index (χ0) is 17.2. The molecular weight excluding hydrogens is 302 g/mol. The molecule has 1 aromatic heterocycles. The summed E-state index contributed by atoms with van der Waals surface area (Å²) in [6, 6.07) is 10.3. The molecule has 0 fully saturated rings. The SMILES string of the molecule is CN=C(NCCCOC(C)c1ccccc1)NCc1cnn(C)c1. The van der Waals surface area contributed by atoms with Crippen LogP contribution in [-0.4, -0.2) is 35.9 Å². The smallest absolute Gasteiger partial charge is 0.191 e. The van der Waals surface area contributed by atoms with E-state index < -0.39 is 0 Å². The molecule has 0 aliphatic carbocycles. The summed E-state index contributed by atoms with van der Waals surface area (Å²) in [6.45, 7) is 4.31. The summed E-state index contributed by atoms with van der Waals surface area (Å²) in [4.78, 5) is 4.22. The maximum Gasteiger partial charge on any atom is 0.191 e. The van der Waals surface area contributed by atoms with Crippen molar-refractivity contribution in [3.63, 3.8) is 0 Å². The number of hydrogen-bond acceptors (Lipinski definition) is 3. The van der Waals surface area contributed by atoms with Crippen LogP contribution in [0.4, 0.5) is 0 Å². The highest BCUT2D eigenvalue weighted by molar-refractivity contribution is 5.79. The highest BCUT2D eigenvalue weighted by atomic mass is 16.5. The average molecular weight is 329 g/mol. The number of aliphatic imine (C=N–C) groups is 1. The van der Waals surface area contributed by atoms with Crippen molar-refractivity contribution in [2.45, 2.75) is 26.0 Å². The number of aryl methyl sites for hydroxylation is 1. The Kier molecular flexibility index (Phi) is 7.29. The van der Waals surface area contributed by atoms with Crippen LogP contribution in [0, 0.1) is 0 Å². The van der Waals surface area contributed by atoms with E-state index in [0.29, 0.717) is 13.2 Å². The van der Waals surface area contributed by atoms with Gasteiger partial charge in [0.2, 0.25) is 0 Å². The Morgan fingerprint density at radius 2 is 2.08 bits per heavy atom. The molecule has 24 heavy (non-hydrogen) atoms. The number of rotatable bonds is 8. The number of aromatic nitrogens is 2. The highest BCUT2D eigenvalue weighted by Gasteiger charge is 2.04. The zero-order valence-corrected chi connectivity index (χ0v) is 14.7. The zero-order valence-electron chi connectivity index (χ0n) is 14.7. The minimum atomic E-state index is 0.120. The molecule has 6 nitrogen and oxygen atoms in total. The van der Waals surface area contributed by atoms with E-state index in [1.807, 2.05) is 37.6 Å². The Labute approximate surface area is 143 Å². The summed E-state index contributed by atoms with van der Waals surface area (Å²) in [5.74, 6) is 0.787. The molecule has 6 heteroatoms. The van der Waals surface area contributed by atoms with E-state index in [1.165, 1.54) is 5.56 Å². The third kappa shape index (κ3) is 6.04. The van der Waals surface area contributed by atoms with Gasteiger partial charge in [-0.2, -0.15) is 5.10 Å². The van der Waals surface area contributed by atoms with Gasteiger partial charge in [0.15, 0.2) is 5.96 Å². The minimum absolute atomic E-state index is 0.120. The third-order valence-electron chi connectivity index (χ3n) is 3.69. The van der Waals surface area contributed by atoms with Gasteiger partial charge in [-0.15, -0.1) is 0 Å². The second-order valence-corrected chi connectivity index (χ2v) is 5.65. The van der Waals surface area contributed by atoms with Gasteiger partial charge in [-0.3, -0.25) is 9.67 Å². The summed E-state index contributed by atoms with van der Waals surface area (Å²) in [7, 11) is 3.68. The monoisotopic (exact) mass is 329 g/mol. The maximum absolute atomic E-state index is 5.86. The fraction of sp³-hybridized carbons (Fsp3) is 0.444. The molecule has 1 atom stereocenters. The molecule has 0 aliphatic heterocycles. The molecule has 0 spiro atoms. The minimum Gasteiger partial charge on any atom is -0.374 e. The first-order valence-electron chi connectivity index (χ1n) is 8.27. The quantitative estimate of drug-likeness (QED) is 0.443. The van der Waals surface area contributed by atoms with Crippen LogP contribution in [0.1, 0.15) is 30.6 Å². The van der Waals surface area contributed by atoms with Crippen molar-refractivity contribution < 1.29 is 4.74 Å². The number of hydrogen-bond donors (Lipinski definition) is 2. The van der Waals surface area contributed by atoms with Crippen molar-refractivity contribution in [2.24, 2.45) is 12.0 Å². The van der Waals surface area contributed by atoms with Crippen molar-refractivity contribution in [2.75, 3.05) is 20.2 Å². The van der Waals surface area contributed by atoms with Crippen molar-refractivity contribution in [3.8, 4) is 0 Å². The van der Waals surface area contributed by atoms with Crippen LogP contribution in [-0.2, 0) is 18.3 Å². The lowest BCUT2D eigenvalue weighted by Gasteiger charge is -2.14. The average Bonchev–Trinajstić information content (AvgIpc) is 3.03. The first-order chi connectivity index (χ1) is 11.7. The van der Waals surface area contributed by atoms with Gasteiger partial charge in [0.25, 0.3) is 0 Å². The van der Waals surface area contributed by atoms with E-state index in [1.54, 1.807) is 11.7 Å². The lowest BCUT2D eigenvalue weighted by Crippen LogP contribution is -2.37. The highest BCUT2D eigenvalue weighted by Crippen LogP contribution is 2.15. The number of nitrogens with one attached hydrogen (secondary N) is 2. The summed E-state index contributed by atoms with van der Waals surface area (Å²) < 4.78 is 7.65. The fourth-order valence-corrected chi connectivity index (χ4v) is 2.33. The Bertz CT molecular complexity index is 623. The molecular formula is C18H27N5O. The van der Waals surface area contributed by atoms with Gasteiger partial charge < -0.3 is 15.4 Å². The normalized spacial score (nSPS) is 12.9. The Morgan fingerprint density at radius 1 is 1.29 bits per heavy atom. The second kappa shape index (κ2) is 9.72. The molecule has 2 N–H and O–H groups in total. The molecule has 0 radical (unpaired) electrons. The summed E-state index contributed by atoms with van der Waals surface area (Å²) in [6.07, 6.45) is 4.87. The van der Waals surface area contributed by atoms with E-state index in [-0.39, 0.29) is 6.10 Å². The van der Waals surface area contributed by atoms with Gasteiger partial charge >= 0.3 is 0 Å². The lowest BCUT2D eigenvalue weighted by atomic mass is 10.1. The van der Waals surface area contributed by atoms with Crippen LogP contribution < -0.4 is 10.6 Å². The Balaban J connectivity index is 1.60. The molecule has 0 aliphatic rings. The van der Waals surface area contributed by atoms with E-state index >= 15 is 0 Å². The van der Waals surface area contributed by atoms with E-state index in [4.69, 9.17) is 4.74 Å². The topological polar surface area (TPSA) is 63.5 Å². The summed E-state index contributed by atoms with van der Waals surface area (Å²) >= 11 is 0. The van der Waals surface area contributed by atoms with E-state index in [2.05, 4.69) is 39.8 Å². The standard InChI is InChI=1S/C18H27N5O/c1-15(17-8-5-4-6-9-17)24-11-7-10-20-18(19-2)21-12-16-13-22-23(3)14-16/h4-6,8-9,13-15H,7,10-12H2,1-3H3,(H2,19,20,21). The van der Waals surface area contributed by atoms with Crippen LogP contribution in [0.5, 0.6) is 0 Å². The Hall–Kier alpha value is -2.34. The predicted molar refractivity (Wildman–Crippen MR) is 96.8 cm³/mol. The van der Waals surface area contributed by atoms with Gasteiger partial charge in [0, 0.05) is 45.6 Å². The van der Waals surface area contributed by atoms with Gasteiger partial charge in [0.05, 0.1) is 12.3 Å². The van der Waals surface area contributed by atoms with Crippen LogP contribution in [0.25, 0.3) is 0 Å². The number of benzene rings is 1. The Morgan fingerprint density at radius 3 is 2.75 bits per heavy atom. The van der Waals surface area contributed by atoms with Gasteiger partial charge in [0.1, 0.15) is 0 Å². The lowest BCUT2D eigenvalue weighted by molar-refractivity contribution is 0.0646. The van der Waals surface area contributed by atoms with Crippen LogP contribution in [0.2, 0.25) is 0 Å². The van der Waals surface area contributed by atoms with E-state index in [0.717, 1.165) is 24.5 Å². The van der Waals surface area contributed by atoms with Gasteiger partial charge in [-0.05, 0) is 18.9 Å². The van der Waals surface area contributed by atoms with Crippen molar-refractivity contribution in [3.05, 3.63) is 53.9 Å². The molecule has 0 saturated heterocycles. The maximum atomic E-state index is 5.86. The molecule has 0 bridgehead atoms. The molecule has 2 aromatic rings. The van der Waals surface area contributed by atoms with Crippen molar-refractivity contribution in [1.29, 1.82) is 0 Å². The van der Waals surface area contributed by atoms with Crippen molar-refractivity contribution in [1.82, 2.24) is 20.4 Å². The molecule has 0 saturated carbocycles.